The lowest BCUT2D eigenvalue weighted by Crippen LogP contribution is -1.98. The van der Waals surface area contributed by atoms with Crippen molar-refractivity contribution >= 4 is 34.6 Å². The standard InChI is InChI=1S/C12H14Cl2N2O/c1-8(6-12(13)14)4-5-17-9-2-3-10(15)11(16)7-9/h2-4,6-7H,5,15-16H2,1H3. The Morgan fingerprint density at radius 3 is 2.59 bits per heavy atom. The van der Waals surface area contributed by atoms with Gasteiger partial charge in [0.05, 0.1) is 11.4 Å². The fourth-order valence-electron chi connectivity index (χ4n) is 1.14. The second kappa shape index (κ2) is 6.42. The highest BCUT2D eigenvalue weighted by Gasteiger charge is 1.97. The predicted octanol–water partition coefficient (Wildman–Crippen LogP) is 3.50. The van der Waals surface area contributed by atoms with Gasteiger partial charge in [0.15, 0.2) is 0 Å². The van der Waals surface area contributed by atoms with Crippen LogP contribution in [0.3, 0.4) is 0 Å². The van der Waals surface area contributed by atoms with Crippen molar-refractivity contribution in [2.45, 2.75) is 6.92 Å². The van der Waals surface area contributed by atoms with Crippen molar-refractivity contribution in [3.05, 3.63) is 40.4 Å². The minimum absolute atomic E-state index is 0.218. The Labute approximate surface area is 111 Å². The molecule has 0 aromatic heterocycles. The summed E-state index contributed by atoms with van der Waals surface area (Å²) in [5.41, 5.74) is 13.2. The number of hydrogen-bond donors (Lipinski definition) is 2. The van der Waals surface area contributed by atoms with Crippen molar-refractivity contribution in [1.82, 2.24) is 0 Å². The quantitative estimate of drug-likeness (QED) is 0.652. The molecule has 17 heavy (non-hydrogen) atoms. The second-order valence-corrected chi connectivity index (χ2v) is 4.49. The lowest BCUT2D eigenvalue weighted by Gasteiger charge is -2.06. The van der Waals surface area contributed by atoms with Gasteiger partial charge in [0.1, 0.15) is 16.8 Å². The van der Waals surface area contributed by atoms with Gasteiger partial charge in [-0.1, -0.05) is 23.2 Å². The van der Waals surface area contributed by atoms with Gasteiger partial charge in [-0.3, -0.25) is 0 Å². The Hall–Kier alpha value is -1.32. The molecule has 0 atom stereocenters. The highest BCUT2D eigenvalue weighted by Crippen LogP contribution is 2.21. The van der Waals surface area contributed by atoms with Crippen LogP contribution in [0.1, 0.15) is 6.92 Å². The maximum Gasteiger partial charge on any atom is 0.121 e. The van der Waals surface area contributed by atoms with Crippen LogP contribution in [0.5, 0.6) is 5.75 Å². The van der Waals surface area contributed by atoms with Gasteiger partial charge in [-0.25, -0.2) is 0 Å². The second-order valence-electron chi connectivity index (χ2n) is 3.48. The summed E-state index contributed by atoms with van der Waals surface area (Å²) in [6, 6.07) is 5.15. The molecular formula is C12H14Cl2N2O. The summed E-state index contributed by atoms with van der Waals surface area (Å²) in [5, 5.41) is 0. The van der Waals surface area contributed by atoms with Gasteiger partial charge >= 0.3 is 0 Å². The summed E-state index contributed by atoms with van der Waals surface area (Å²) in [5.74, 6) is 0.668. The molecule has 0 radical (unpaired) electrons. The number of benzene rings is 1. The molecule has 0 bridgehead atoms. The maximum atomic E-state index is 5.65. The molecule has 92 valence electrons. The van der Waals surface area contributed by atoms with Crippen LogP contribution < -0.4 is 16.2 Å². The third kappa shape index (κ3) is 5.02. The van der Waals surface area contributed by atoms with E-state index in [0.717, 1.165) is 5.57 Å². The Morgan fingerprint density at radius 1 is 1.29 bits per heavy atom. The molecule has 0 heterocycles. The Morgan fingerprint density at radius 2 is 2.00 bits per heavy atom. The van der Waals surface area contributed by atoms with Crippen LogP contribution in [0.25, 0.3) is 0 Å². The SMILES string of the molecule is CC(C=C(Cl)Cl)=CCOc1ccc(N)c(N)c1. The third-order valence-corrected chi connectivity index (χ3v) is 2.27. The molecule has 1 aromatic carbocycles. The summed E-state index contributed by atoms with van der Waals surface area (Å²) in [4.78, 5) is 0. The minimum Gasteiger partial charge on any atom is -0.489 e. The van der Waals surface area contributed by atoms with Crippen LogP contribution in [-0.2, 0) is 0 Å². The number of ether oxygens (including phenoxy) is 1. The largest absolute Gasteiger partial charge is 0.489 e. The molecule has 1 rings (SSSR count). The minimum atomic E-state index is 0.218. The average molecular weight is 273 g/mol. The van der Waals surface area contributed by atoms with Crippen LogP contribution >= 0.6 is 23.2 Å². The lowest BCUT2D eigenvalue weighted by atomic mass is 10.2. The van der Waals surface area contributed by atoms with Crippen molar-refractivity contribution in [3.63, 3.8) is 0 Å². The zero-order valence-corrected chi connectivity index (χ0v) is 10.9. The number of rotatable bonds is 4. The molecule has 0 saturated carbocycles. The molecule has 0 unspecified atom stereocenters. The number of hydrogen-bond acceptors (Lipinski definition) is 3. The summed E-state index contributed by atoms with van der Waals surface area (Å²) in [6.45, 7) is 2.29. The topological polar surface area (TPSA) is 61.3 Å². The Bertz CT molecular complexity index is 452. The number of nitrogens with two attached hydrogens (primary N) is 2. The fourth-order valence-corrected chi connectivity index (χ4v) is 1.49. The number of allylic oxidation sites excluding steroid dienone is 2. The van der Waals surface area contributed by atoms with Gasteiger partial charge in [-0.2, -0.15) is 0 Å². The molecule has 0 saturated heterocycles. The summed E-state index contributed by atoms with van der Waals surface area (Å²) in [7, 11) is 0. The zero-order chi connectivity index (χ0) is 12.8. The predicted molar refractivity (Wildman–Crippen MR) is 74.3 cm³/mol. The van der Waals surface area contributed by atoms with E-state index in [1.165, 1.54) is 0 Å². The first kappa shape index (κ1) is 13.7. The van der Waals surface area contributed by atoms with Crippen LogP contribution in [-0.4, -0.2) is 6.61 Å². The fraction of sp³-hybridized carbons (Fsp3) is 0.167. The van der Waals surface area contributed by atoms with Crippen molar-refractivity contribution in [1.29, 1.82) is 0 Å². The van der Waals surface area contributed by atoms with Crippen molar-refractivity contribution in [3.8, 4) is 5.75 Å². The highest BCUT2D eigenvalue weighted by molar-refractivity contribution is 6.56. The monoisotopic (exact) mass is 272 g/mol. The van der Waals surface area contributed by atoms with E-state index < -0.39 is 0 Å². The third-order valence-electron chi connectivity index (χ3n) is 2.05. The molecule has 4 N–H and O–H groups in total. The number of anilines is 2. The smallest absolute Gasteiger partial charge is 0.121 e. The van der Waals surface area contributed by atoms with E-state index in [1.54, 1.807) is 24.3 Å². The molecule has 3 nitrogen and oxygen atoms in total. The van der Waals surface area contributed by atoms with Gasteiger partial charge in [0.2, 0.25) is 0 Å². The zero-order valence-electron chi connectivity index (χ0n) is 9.41. The van der Waals surface area contributed by atoms with Crippen molar-refractivity contribution in [2.24, 2.45) is 0 Å². The van der Waals surface area contributed by atoms with E-state index in [9.17, 15) is 0 Å². The Kier molecular flexibility index (Phi) is 5.19. The molecule has 0 aliphatic carbocycles. The van der Waals surface area contributed by atoms with E-state index in [1.807, 2.05) is 13.0 Å². The molecule has 1 aromatic rings. The van der Waals surface area contributed by atoms with Crippen molar-refractivity contribution in [2.75, 3.05) is 18.1 Å². The summed E-state index contributed by atoms with van der Waals surface area (Å²) >= 11 is 11.0. The van der Waals surface area contributed by atoms with Crippen molar-refractivity contribution < 1.29 is 4.74 Å². The lowest BCUT2D eigenvalue weighted by molar-refractivity contribution is 0.362. The van der Waals surface area contributed by atoms with Gasteiger partial charge in [0, 0.05) is 6.07 Å². The number of nitrogen functional groups attached to an aromatic ring is 2. The molecule has 0 aliphatic heterocycles. The van der Waals surface area contributed by atoms with Crippen LogP contribution in [0.2, 0.25) is 0 Å². The van der Waals surface area contributed by atoms with Gasteiger partial charge in [-0.05, 0) is 36.8 Å². The van der Waals surface area contributed by atoms with Gasteiger partial charge < -0.3 is 16.2 Å². The highest BCUT2D eigenvalue weighted by atomic mass is 35.5. The van der Waals surface area contributed by atoms with Crippen LogP contribution in [0.4, 0.5) is 11.4 Å². The number of halogens is 2. The van der Waals surface area contributed by atoms with E-state index in [-0.39, 0.29) is 4.49 Å². The first-order chi connectivity index (χ1) is 7.99. The average Bonchev–Trinajstić information content (AvgIpc) is 2.22. The molecule has 0 spiro atoms. The summed E-state index contributed by atoms with van der Waals surface area (Å²) < 4.78 is 5.68. The molecule has 5 heteroatoms. The molecule has 0 fully saturated rings. The van der Waals surface area contributed by atoms with E-state index >= 15 is 0 Å². The van der Waals surface area contributed by atoms with E-state index in [0.29, 0.717) is 23.7 Å². The normalized spacial score (nSPS) is 11.1. The summed E-state index contributed by atoms with van der Waals surface area (Å²) in [6.07, 6.45) is 3.50. The molecular weight excluding hydrogens is 259 g/mol. The van der Waals surface area contributed by atoms with Crippen LogP contribution in [0, 0.1) is 0 Å². The van der Waals surface area contributed by atoms with E-state index in [2.05, 4.69) is 0 Å². The first-order valence-electron chi connectivity index (χ1n) is 4.96. The maximum absolute atomic E-state index is 5.65. The van der Waals surface area contributed by atoms with Crippen LogP contribution in [0.15, 0.2) is 40.4 Å². The first-order valence-corrected chi connectivity index (χ1v) is 5.72. The van der Waals surface area contributed by atoms with Gasteiger partial charge in [-0.15, -0.1) is 0 Å². The Balaban J connectivity index is 2.56. The van der Waals surface area contributed by atoms with E-state index in [4.69, 9.17) is 39.4 Å². The molecule has 0 amide bonds. The molecule has 0 aliphatic rings. The van der Waals surface area contributed by atoms with Gasteiger partial charge in [0.25, 0.3) is 0 Å².